The number of hydrogen-bond acceptors (Lipinski definition) is 3. The van der Waals surface area contributed by atoms with E-state index in [0.29, 0.717) is 12.5 Å². The zero-order chi connectivity index (χ0) is 13.3. The first-order valence-corrected chi connectivity index (χ1v) is 7.81. The van der Waals surface area contributed by atoms with E-state index in [0.717, 1.165) is 18.4 Å². The van der Waals surface area contributed by atoms with Crippen molar-refractivity contribution in [3.05, 3.63) is 28.8 Å². The molecule has 3 N–H and O–H groups in total. The van der Waals surface area contributed by atoms with Gasteiger partial charge in [0.1, 0.15) is 4.90 Å². The van der Waals surface area contributed by atoms with Crippen LogP contribution in [0.5, 0.6) is 0 Å². The first-order chi connectivity index (χ1) is 8.44. The third-order valence-electron chi connectivity index (χ3n) is 3.19. The van der Waals surface area contributed by atoms with Gasteiger partial charge in [-0.25, -0.2) is 13.1 Å². The summed E-state index contributed by atoms with van der Waals surface area (Å²) in [7, 11) is -3.54. The minimum absolute atomic E-state index is 0.0414. The molecule has 1 aliphatic rings. The summed E-state index contributed by atoms with van der Waals surface area (Å²) in [5, 5.41) is 0.216. The van der Waals surface area contributed by atoms with Crippen LogP contribution in [-0.4, -0.2) is 14.5 Å². The van der Waals surface area contributed by atoms with Crippen molar-refractivity contribution in [1.29, 1.82) is 0 Å². The molecule has 1 aromatic carbocycles. The Balaban J connectivity index is 2.23. The van der Waals surface area contributed by atoms with Gasteiger partial charge in [0.2, 0.25) is 10.0 Å². The normalized spacial score (nSPS) is 17.7. The number of benzene rings is 1. The molecule has 1 aliphatic carbocycles. The molecule has 0 amide bonds. The number of halogens is 1. The lowest BCUT2D eigenvalue weighted by Gasteiger charge is -2.14. The molecule has 1 saturated carbocycles. The van der Waals surface area contributed by atoms with Gasteiger partial charge in [-0.1, -0.05) is 17.7 Å². The number of hydrogen-bond donors (Lipinski definition) is 2. The summed E-state index contributed by atoms with van der Waals surface area (Å²) in [5.41, 5.74) is 6.30. The molecule has 1 aromatic rings. The van der Waals surface area contributed by atoms with Crippen molar-refractivity contribution in [3.63, 3.8) is 0 Å². The highest BCUT2D eigenvalue weighted by molar-refractivity contribution is 7.89. The van der Waals surface area contributed by atoms with E-state index in [-0.39, 0.29) is 16.0 Å². The fourth-order valence-corrected chi connectivity index (χ4v) is 3.77. The van der Waals surface area contributed by atoms with Crippen molar-refractivity contribution < 1.29 is 8.42 Å². The quantitative estimate of drug-likeness (QED) is 0.869. The minimum Gasteiger partial charge on any atom is -0.326 e. The molecule has 100 valence electrons. The second-order valence-corrected chi connectivity index (χ2v) is 6.81. The maximum atomic E-state index is 12.2. The molecule has 1 atom stereocenters. The first kappa shape index (κ1) is 13.8. The van der Waals surface area contributed by atoms with Gasteiger partial charge in [0, 0.05) is 12.6 Å². The second-order valence-electron chi connectivity index (χ2n) is 4.72. The average molecular weight is 289 g/mol. The lowest BCUT2D eigenvalue weighted by Crippen LogP contribution is -2.34. The molecule has 0 spiro atoms. The van der Waals surface area contributed by atoms with E-state index in [1.165, 1.54) is 6.07 Å². The van der Waals surface area contributed by atoms with Gasteiger partial charge in [0.25, 0.3) is 0 Å². The summed E-state index contributed by atoms with van der Waals surface area (Å²) in [4.78, 5) is 0.119. The first-order valence-electron chi connectivity index (χ1n) is 5.95. The highest BCUT2D eigenvalue weighted by atomic mass is 35.5. The molecule has 2 rings (SSSR count). The summed E-state index contributed by atoms with van der Waals surface area (Å²) in [6, 6.07) is 4.74. The van der Waals surface area contributed by atoms with E-state index >= 15 is 0 Å². The van der Waals surface area contributed by atoms with Gasteiger partial charge in [0.05, 0.1) is 5.02 Å². The molecule has 0 bridgehead atoms. The number of nitrogens with one attached hydrogen (secondary N) is 1. The molecule has 0 saturated heterocycles. The van der Waals surface area contributed by atoms with Crippen molar-refractivity contribution >= 4 is 21.6 Å². The number of rotatable bonds is 5. The fourth-order valence-electron chi connectivity index (χ4n) is 1.89. The van der Waals surface area contributed by atoms with E-state index < -0.39 is 10.0 Å². The number of nitrogens with two attached hydrogens (primary N) is 1. The highest BCUT2D eigenvalue weighted by Crippen LogP contribution is 2.33. The van der Waals surface area contributed by atoms with E-state index in [9.17, 15) is 8.42 Å². The summed E-state index contributed by atoms with van der Waals surface area (Å²) < 4.78 is 27.0. The van der Waals surface area contributed by atoms with Crippen molar-refractivity contribution in [1.82, 2.24) is 4.72 Å². The van der Waals surface area contributed by atoms with Crippen LogP contribution in [-0.2, 0) is 16.6 Å². The van der Waals surface area contributed by atoms with Crippen LogP contribution in [0.2, 0.25) is 5.02 Å². The topological polar surface area (TPSA) is 72.2 Å². The van der Waals surface area contributed by atoms with Gasteiger partial charge >= 0.3 is 0 Å². The Morgan fingerprint density at radius 1 is 1.50 bits per heavy atom. The zero-order valence-corrected chi connectivity index (χ0v) is 11.8. The van der Waals surface area contributed by atoms with Gasteiger partial charge in [-0.15, -0.1) is 0 Å². The molecule has 0 aliphatic heterocycles. The van der Waals surface area contributed by atoms with Crippen LogP contribution < -0.4 is 10.5 Å². The van der Waals surface area contributed by atoms with E-state index in [1.54, 1.807) is 12.1 Å². The fraction of sp³-hybridized carbons (Fsp3) is 0.500. The summed E-state index contributed by atoms with van der Waals surface area (Å²) >= 11 is 6.00. The molecule has 0 aromatic heterocycles. The van der Waals surface area contributed by atoms with Crippen LogP contribution in [0.4, 0.5) is 0 Å². The van der Waals surface area contributed by atoms with Crippen LogP contribution in [0.25, 0.3) is 0 Å². The van der Waals surface area contributed by atoms with E-state index in [4.69, 9.17) is 17.3 Å². The molecule has 18 heavy (non-hydrogen) atoms. The standard InChI is InChI=1S/C12H17ClN2O2S/c1-8(10-3-4-10)15-18(16,17)12-5-2-9(7-14)6-11(12)13/h2,5-6,8,10,15H,3-4,7,14H2,1H3. The maximum absolute atomic E-state index is 12.2. The van der Waals surface area contributed by atoms with Crippen LogP contribution in [0, 0.1) is 5.92 Å². The Hall–Kier alpha value is -0.620. The summed E-state index contributed by atoms with van der Waals surface area (Å²) in [6.07, 6.45) is 2.17. The van der Waals surface area contributed by atoms with Crippen molar-refractivity contribution in [2.24, 2.45) is 11.7 Å². The summed E-state index contributed by atoms with van der Waals surface area (Å²) in [5.74, 6) is 0.460. The van der Waals surface area contributed by atoms with Crippen molar-refractivity contribution in [3.8, 4) is 0 Å². The molecule has 1 unspecified atom stereocenters. The minimum atomic E-state index is -3.54. The SMILES string of the molecule is CC(NS(=O)(=O)c1ccc(CN)cc1Cl)C1CC1. The van der Waals surface area contributed by atoms with Gasteiger partial charge < -0.3 is 5.73 Å². The lowest BCUT2D eigenvalue weighted by molar-refractivity contribution is 0.538. The molecule has 0 heterocycles. The predicted octanol–water partition coefficient (Wildman–Crippen LogP) is 1.88. The summed E-state index contributed by atoms with van der Waals surface area (Å²) in [6.45, 7) is 2.23. The maximum Gasteiger partial charge on any atom is 0.242 e. The van der Waals surface area contributed by atoms with Gasteiger partial charge in [0.15, 0.2) is 0 Å². The second kappa shape index (κ2) is 5.17. The Morgan fingerprint density at radius 2 is 2.17 bits per heavy atom. The van der Waals surface area contributed by atoms with Crippen LogP contribution in [0.15, 0.2) is 23.1 Å². The average Bonchev–Trinajstić information content (AvgIpc) is 3.11. The van der Waals surface area contributed by atoms with Gasteiger partial charge in [-0.2, -0.15) is 0 Å². The lowest BCUT2D eigenvalue weighted by atomic mass is 10.2. The van der Waals surface area contributed by atoms with E-state index in [2.05, 4.69) is 4.72 Å². The Labute approximate surface area is 113 Å². The zero-order valence-electron chi connectivity index (χ0n) is 10.2. The van der Waals surface area contributed by atoms with Crippen LogP contribution in [0.1, 0.15) is 25.3 Å². The largest absolute Gasteiger partial charge is 0.326 e. The Kier molecular flexibility index (Phi) is 3.96. The highest BCUT2D eigenvalue weighted by Gasteiger charge is 2.31. The molecular formula is C12H17ClN2O2S. The predicted molar refractivity (Wildman–Crippen MR) is 71.9 cm³/mol. The third-order valence-corrected chi connectivity index (χ3v) is 5.23. The molecule has 6 heteroatoms. The third kappa shape index (κ3) is 3.03. The Morgan fingerprint density at radius 3 is 2.67 bits per heavy atom. The molecule has 4 nitrogen and oxygen atoms in total. The monoisotopic (exact) mass is 288 g/mol. The smallest absolute Gasteiger partial charge is 0.242 e. The Bertz CT molecular complexity index is 541. The van der Waals surface area contributed by atoms with E-state index in [1.807, 2.05) is 6.92 Å². The van der Waals surface area contributed by atoms with Crippen molar-refractivity contribution in [2.45, 2.75) is 37.2 Å². The van der Waals surface area contributed by atoms with Gasteiger partial charge in [-0.3, -0.25) is 0 Å². The van der Waals surface area contributed by atoms with Gasteiger partial charge in [-0.05, 0) is 43.4 Å². The van der Waals surface area contributed by atoms with Crippen molar-refractivity contribution in [2.75, 3.05) is 0 Å². The molecule has 1 fully saturated rings. The molecule has 0 radical (unpaired) electrons. The molecular weight excluding hydrogens is 272 g/mol. The number of sulfonamides is 1. The van der Waals surface area contributed by atoms with Crippen LogP contribution >= 0.6 is 11.6 Å². The van der Waals surface area contributed by atoms with Crippen LogP contribution in [0.3, 0.4) is 0 Å².